The van der Waals surface area contributed by atoms with Crippen LogP contribution in [-0.2, 0) is 20.7 Å². The predicted octanol–water partition coefficient (Wildman–Crippen LogP) is 2.61. The van der Waals surface area contributed by atoms with Crippen LogP contribution in [0.25, 0.3) is 0 Å². The fraction of sp³-hybridized carbons (Fsp3) is 0.526. The van der Waals surface area contributed by atoms with Gasteiger partial charge in [0.15, 0.2) is 0 Å². The van der Waals surface area contributed by atoms with Crippen molar-refractivity contribution in [2.45, 2.75) is 39.0 Å². The molecule has 0 radical (unpaired) electrons. The van der Waals surface area contributed by atoms with Gasteiger partial charge in [0.1, 0.15) is 5.41 Å². The number of hydrogen-bond acceptors (Lipinski definition) is 4. The van der Waals surface area contributed by atoms with Gasteiger partial charge in [-0.2, -0.15) is 5.26 Å². The van der Waals surface area contributed by atoms with E-state index in [1.807, 2.05) is 30.3 Å². The molecule has 1 aliphatic rings. The van der Waals surface area contributed by atoms with Crippen LogP contribution in [0.1, 0.15) is 38.2 Å². The van der Waals surface area contributed by atoms with Crippen LogP contribution in [0, 0.1) is 22.7 Å². The SMILES string of the molecule is CCOC(=O)[C@@H](CNC(=O)C1(C#N)CCCC1)Cc1ccccc1. The number of amides is 1. The molecule has 1 N–H and O–H groups in total. The molecule has 2 rings (SSSR count). The fourth-order valence-corrected chi connectivity index (χ4v) is 3.15. The third-order valence-corrected chi connectivity index (χ3v) is 4.56. The Labute approximate surface area is 143 Å². The van der Waals surface area contributed by atoms with Crippen LogP contribution in [0.15, 0.2) is 30.3 Å². The Kier molecular flexibility index (Phi) is 6.36. The van der Waals surface area contributed by atoms with E-state index < -0.39 is 11.3 Å². The normalized spacial score (nSPS) is 16.8. The van der Waals surface area contributed by atoms with E-state index in [1.165, 1.54) is 0 Å². The summed E-state index contributed by atoms with van der Waals surface area (Å²) in [5, 5.41) is 12.2. The lowest BCUT2D eigenvalue weighted by Gasteiger charge is -2.22. The van der Waals surface area contributed by atoms with Gasteiger partial charge in [-0.1, -0.05) is 43.2 Å². The maximum Gasteiger partial charge on any atom is 0.311 e. The van der Waals surface area contributed by atoms with E-state index in [4.69, 9.17) is 4.74 Å². The Morgan fingerprint density at radius 1 is 1.29 bits per heavy atom. The van der Waals surface area contributed by atoms with Crippen LogP contribution < -0.4 is 5.32 Å². The lowest BCUT2D eigenvalue weighted by molar-refractivity contribution is -0.148. The predicted molar refractivity (Wildman–Crippen MR) is 89.8 cm³/mol. The lowest BCUT2D eigenvalue weighted by Crippen LogP contribution is -2.42. The monoisotopic (exact) mass is 328 g/mol. The first-order valence-electron chi connectivity index (χ1n) is 8.51. The van der Waals surface area contributed by atoms with E-state index in [0.717, 1.165) is 18.4 Å². The van der Waals surface area contributed by atoms with Crippen molar-refractivity contribution in [1.29, 1.82) is 5.26 Å². The molecule has 1 amide bonds. The van der Waals surface area contributed by atoms with Gasteiger partial charge < -0.3 is 10.1 Å². The highest BCUT2D eigenvalue weighted by Gasteiger charge is 2.41. The molecule has 0 aliphatic heterocycles. The Hall–Kier alpha value is -2.35. The summed E-state index contributed by atoms with van der Waals surface area (Å²) in [4.78, 5) is 24.6. The molecular formula is C19H24N2O3. The van der Waals surface area contributed by atoms with Gasteiger partial charge in [0.25, 0.3) is 0 Å². The Balaban J connectivity index is 2.01. The molecule has 1 aliphatic carbocycles. The zero-order valence-electron chi connectivity index (χ0n) is 14.1. The number of nitrogens with one attached hydrogen (secondary N) is 1. The summed E-state index contributed by atoms with van der Waals surface area (Å²) in [7, 11) is 0. The van der Waals surface area contributed by atoms with Gasteiger partial charge >= 0.3 is 5.97 Å². The van der Waals surface area contributed by atoms with Crippen molar-refractivity contribution in [1.82, 2.24) is 5.32 Å². The number of ether oxygens (including phenoxy) is 1. The summed E-state index contributed by atoms with van der Waals surface area (Å²) in [6.07, 6.45) is 3.48. The summed E-state index contributed by atoms with van der Waals surface area (Å²) in [5.41, 5.74) is 0.0899. The Morgan fingerprint density at radius 2 is 1.96 bits per heavy atom. The number of nitriles is 1. The highest BCUT2D eigenvalue weighted by molar-refractivity contribution is 5.86. The summed E-state index contributed by atoms with van der Waals surface area (Å²) < 4.78 is 5.13. The van der Waals surface area contributed by atoms with Gasteiger partial charge in [-0.05, 0) is 31.7 Å². The molecule has 0 spiro atoms. The molecule has 24 heavy (non-hydrogen) atoms. The minimum atomic E-state index is -0.925. The number of benzene rings is 1. The Morgan fingerprint density at radius 3 is 2.54 bits per heavy atom. The lowest BCUT2D eigenvalue weighted by atomic mass is 9.86. The number of carbonyl (C=O) groups is 2. The van der Waals surface area contributed by atoms with Crippen molar-refractivity contribution in [2.75, 3.05) is 13.2 Å². The van der Waals surface area contributed by atoms with E-state index in [1.54, 1.807) is 6.92 Å². The molecule has 1 aromatic rings. The summed E-state index contributed by atoms with van der Waals surface area (Å²) in [6.45, 7) is 2.26. The standard InChI is InChI=1S/C19H24N2O3/c1-2-24-17(22)16(12-15-8-4-3-5-9-15)13-21-18(23)19(14-20)10-6-7-11-19/h3-5,8-9,16H,2,6-7,10-13H2,1H3,(H,21,23)/t16-/m1/s1. The van der Waals surface area contributed by atoms with Crippen molar-refractivity contribution in [3.8, 4) is 6.07 Å². The van der Waals surface area contributed by atoms with E-state index >= 15 is 0 Å². The molecule has 5 nitrogen and oxygen atoms in total. The number of esters is 1. The van der Waals surface area contributed by atoms with Gasteiger partial charge in [0, 0.05) is 6.54 Å². The van der Waals surface area contributed by atoms with Crippen LogP contribution in [0.2, 0.25) is 0 Å². The molecular weight excluding hydrogens is 304 g/mol. The molecule has 0 unspecified atom stereocenters. The van der Waals surface area contributed by atoms with Crippen LogP contribution in [-0.4, -0.2) is 25.0 Å². The van der Waals surface area contributed by atoms with Gasteiger partial charge in [-0.3, -0.25) is 9.59 Å². The van der Waals surface area contributed by atoms with Crippen molar-refractivity contribution >= 4 is 11.9 Å². The minimum absolute atomic E-state index is 0.190. The highest BCUT2D eigenvalue weighted by Crippen LogP contribution is 2.37. The van der Waals surface area contributed by atoms with Gasteiger partial charge in [-0.25, -0.2) is 0 Å². The number of nitrogens with zero attached hydrogens (tertiary/aromatic N) is 1. The zero-order chi connectivity index (χ0) is 17.4. The largest absolute Gasteiger partial charge is 0.466 e. The number of rotatable bonds is 7. The first kappa shape index (κ1) is 18.0. The second-order valence-electron chi connectivity index (χ2n) is 6.25. The van der Waals surface area contributed by atoms with Crippen LogP contribution >= 0.6 is 0 Å². The molecule has 1 saturated carbocycles. The quantitative estimate of drug-likeness (QED) is 0.780. The minimum Gasteiger partial charge on any atom is -0.466 e. The molecule has 1 fully saturated rings. The van der Waals surface area contributed by atoms with E-state index in [9.17, 15) is 14.9 Å². The Bertz CT molecular complexity index is 601. The number of carbonyl (C=O) groups excluding carboxylic acids is 2. The van der Waals surface area contributed by atoms with Crippen molar-refractivity contribution in [2.24, 2.45) is 11.3 Å². The average Bonchev–Trinajstić information content (AvgIpc) is 3.09. The van der Waals surface area contributed by atoms with Crippen LogP contribution in [0.3, 0.4) is 0 Å². The molecule has 0 saturated heterocycles. The molecule has 0 bridgehead atoms. The molecule has 0 aromatic heterocycles. The van der Waals surface area contributed by atoms with E-state index in [-0.39, 0.29) is 18.4 Å². The first-order chi connectivity index (χ1) is 11.6. The van der Waals surface area contributed by atoms with Crippen molar-refractivity contribution in [3.63, 3.8) is 0 Å². The highest BCUT2D eigenvalue weighted by atomic mass is 16.5. The summed E-state index contributed by atoms with van der Waals surface area (Å²) in [5.74, 6) is -1.03. The molecule has 1 aromatic carbocycles. The van der Waals surface area contributed by atoms with E-state index in [0.29, 0.717) is 25.9 Å². The zero-order valence-corrected chi connectivity index (χ0v) is 14.1. The molecule has 5 heteroatoms. The van der Waals surface area contributed by atoms with Crippen molar-refractivity contribution in [3.05, 3.63) is 35.9 Å². The van der Waals surface area contributed by atoms with Crippen LogP contribution in [0.4, 0.5) is 0 Å². The smallest absolute Gasteiger partial charge is 0.311 e. The second kappa shape index (κ2) is 8.49. The first-order valence-corrected chi connectivity index (χ1v) is 8.51. The summed E-state index contributed by atoms with van der Waals surface area (Å²) >= 11 is 0. The third-order valence-electron chi connectivity index (χ3n) is 4.56. The van der Waals surface area contributed by atoms with Crippen LogP contribution in [0.5, 0.6) is 0 Å². The van der Waals surface area contributed by atoms with Gasteiger partial charge in [0.2, 0.25) is 5.91 Å². The maximum atomic E-state index is 12.4. The molecule has 128 valence electrons. The topological polar surface area (TPSA) is 79.2 Å². The third kappa shape index (κ3) is 4.35. The van der Waals surface area contributed by atoms with E-state index in [2.05, 4.69) is 11.4 Å². The average molecular weight is 328 g/mol. The van der Waals surface area contributed by atoms with Gasteiger partial charge in [-0.15, -0.1) is 0 Å². The molecule has 1 atom stereocenters. The maximum absolute atomic E-state index is 12.4. The molecule has 0 heterocycles. The van der Waals surface area contributed by atoms with Gasteiger partial charge in [0.05, 0.1) is 18.6 Å². The summed E-state index contributed by atoms with van der Waals surface area (Å²) in [6, 6.07) is 11.8. The van der Waals surface area contributed by atoms with Crippen molar-refractivity contribution < 1.29 is 14.3 Å². The second-order valence-corrected chi connectivity index (χ2v) is 6.25. The fourth-order valence-electron chi connectivity index (χ4n) is 3.15. The number of hydrogen-bond donors (Lipinski definition) is 1.